The van der Waals surface area contributed by atoms with Gasteiger partial charge in [-0.2, -0.15) is 0 Å². The van der Waals surface area contributed by atoms with Crippen molar-refractivity contribution < 1.29 is 4.79 Å². The molecule has 0 aliphatic rings. The SMILES string of the molecule is CC(C)(C)c1ccc(C(=O)NC(=S)Nc2ccc(N)cc2Cl)cc1.Cl. The number of hydrogen-bond donors (Lipinski definition) is 3. The van der Waals surface area contributed by atoms with Gasteiger partial charge in [0.15, 0.2) is 5.11 Å². The first-order chi connectivity index (χ1) is 11.2. The second-order valence-corrected chi connectivity index (χ2v) is 7.29. The smallest absolute Gasteiger partial charge is 0.257 e. The topological polar surface area (TPSA) is 67.2 Å². The molecular formula is C18H21Cl2N3OS. The van der Waals surface area contributed by atoms with E-state index < -0.39 is 0 Å². The highest BCUT2D eigenvalue weighted by Crippen LogP contribution is 2.24. The van der Waals surface area contributed by atoms with Gasteiger partial charge in [0.1, 0.15) is 0 Å². The third kappa shape index (κ3) is 5.88. The lowest BCUT2D eigenvalue weighted by Crippen LogP contribution is -2.34. The first kappa shape index (κ1) is 21.2. The van der Waals surface area contributed by atoms with Gasteiger partial charge >= 0.3 is 0 Å². The molecule has 0 unspecified atom stereocenters. The van der Waals surface area contributed by atoms with Gasteiger partial charge < -0.3 is 11.1 Å². The van der Waals surface area contributed by atoms with Crippen LogP contribution in [0.5, 0.6) is 0 Å². The van der Waals surface area contributed by atoms with Crippen LogP contribution >= 0.6 is 36.2 Å². The third-order valence-corrected chi connectivity index (χ3v) is 4.00. The van der Waals surface area contributed by atoms with Gasteiger partial charge in [-0.25, -0.2) is 0 Å². The molecule has 0 aliphatic carbocycles. The predicted octanol–water partition coefficient (Wildman–Crippen LogP) is 4.77. The van der Waals surface area contributed by atoms with Crippen molar-refractivity contribution in [1.29, 1.82) is 0 Å². The molecule has 0 atom stereocenters. The van der Waals surface area contributed by atoms with Crippen molar-refractivity contribution in [3.05, 3.63) is 58.6 Å². The summed E-state index contributed by atoms with van der Waals surface area (Å²) in [5, 5.41) is 6.13. The number of hydrogen-bond acceptors (Lipinski definition) is 3. The lowest BCUT2D eigenvalue weighted by Gasteiger charge is -2.19. The lowest BCUT2D eigenvalue weighted by molar-refractivity contribution is 0.0977. The van der Waals surface area contributed by atoms with Crippen LogP contribution in [-0.2, 0) is 5.41 Å². The summed E-state index contributed by atoms with van der Waals surface area (Å²) >= 11 is 11.2. The fraction of sp³-hybridized carbons (Fsp3) is 0.222. The van der Waals surface area contributed by atoms with Gasteiger partial charge in [-0.3, -0.25) is 10.1 Å². The van der Waals surface area contributed by atoms with Crippen molar-refractivity contribution in [2.24, 2.45) is 0 Å². The van der Waals surface area contributed by atoms with Crippen LogP contribution in [0.4, 0.5) is 11.4 Å². The number of benzene rings is 2. The Labute approximate surface area is 164 Å². The molecule has 0 fully saturated rings. The van der Waals surface area contributed by atoms with Crippen LogP contribution in [0.15, 0.2) is 42.5 Å². The summed E-state index contributed by atoms with van der Waals surface area (Å²) in [6, 6.07) is 12.5. The summed E-state index contributed by atoms with van der Waals surface area (Å²) in [6.45, 7) is 6.37. The Morgan fingerprint density at radius 2 is 1.72 bits per heavy atom. The number of anilines is 2. The Morgan fingerprint density at radius 1 is 1.12 bits per heavy atom. The molecule has 2 rings (SSSR count). The van der Waals surface area contributed by atoms with Crippen molar-refractivity contribution >= 4 is 58.6 Å². The number of halogens is 2. The minimum atomic E-state index is -0.278. The van der Waals surface area contributed by atoms with Gasteiger partial charge in [-0.05, 0) is 53.5 Å². The van der Waals surface area contributed by atoms with Crippen LogP contribution in [0.3, 0.4) is 0 Å². The zero-order chi connectivity index (χ0) is 17.9. The molecule has 25 heavy (non-hydrogen) atoms. The molecule has 1 amide bonds. The molecule has 134 valence electrons. The van der Waals surface area contributed by atoms with E-state index >= 15 is 0 Å². The maximum atomic E-state index is 12.3. The number of nitrogen functional groups attached to an aromatic ring is 1. The molecule has 2 aromatic rings. The number of carbonyl (C=O) groups excluding carboxylic acids is 1. The quantitative estimate of drug-likeness (QED) is 0.504. The summed E-state index contributed by atoms with van der Waals surface area (Å²) in [6.07, 6.45) is 0. The number of amides is 1. The zero-order valence-electron chi connectivity index (χ0n) is 14.2. The lowest BCUT2D eigenvalue weighted by atomic mass is 9.87. The molecule has 0 radical (unpaired) electrons. The molecule has 4 nitrogen and oxygen atoms in total. The predicted molar refractivity (Wildman–Crippen MR) is 112 cm³/mol. The third-order valence-electron chi connectivity index (χ3n) is 3.48. The molecule has 0 spiro atoms. The van der Waals surface area contributed by atoms with Crippen LogP contribution < -0.4 is 16.4 Å². The van der Waals surface area contributed by atoms with Gasteiger partial charge in [-0.1, -0.05) is 44.5 Å². The largest absolute Gasteiger partial charge is 0.399 e. The van der Waals surface area contributed by atoms with Gasteiger partial charge in [0.2, 0.25) is 0 Å². The number of nitrogens with one attached hydrogen (secondary N) is 2. The second kappa shape index (κ2) is 8.52. The molecule has 0 aliphatic heterocycles. The molecule has 7 heteroatoms. The fourth-order valence-corrected chi connectivity index (χ4v) is 2.52. The number of carbonyl (C=O) groups is 1. The second-order valence-electron chi connectivity index (χ2n) is 6.47. The fourth-order valence-electron chi connectivity index (χ4n) is 2.08. The number of thiocarbonyl (C=S) groups is 1. The highest BCUT2D eigenvalue weighted by molar-refractivity contribution is 7.80. The highest BCUT2D eigenvalue weighted by Gasteiger charge is 2.15. The van der Waals surface area contributed by atoms with Gasteiger partial charge in [0.05, 0.1) is 10.7 Å². The molecule has 4 N–H and O–H groups in total. The van der Waals surface area contributed by atoms with Crippen molar-refractivity contribution in [2.45, 2.75) is 26.2 Å². The first-order valence-electron chi connectivity index (χ1n) is 7.45. The summed E-state index contributed by atoms with van der Waals surface area (Å²) in [5.74, 6) is -0.278. The molecule has 2 aromatic carbocycles. The van der Waals surface area contributed by atoms with Crippen LogP contribution in [0.1, 0.15) is 36.7 Å². The molecule has 0 saturated carbocycles. The number of rotatable bonds is 2. The van der Waals surface area contributed by atoms with Crippen LogP contribution in [0, 0.1) is 0 Å². The molecule has 0 heterocycles. The molecular weight excluding hydrogens is 377 g/mol. The maximum absolute atomic E-state index is 12.3. The van der Waals surface area contributed by atoms with Crippen LogP contribution in [-0.4, -0.2) is 11.0 Å². The van der Waals surface area contributed by atoms with E-state index in [0.717, 1.165) is 5.56 Å². The van der Waals surface area contributed by atoms with E-state index in [0.29, 0.717) is 22.0 Å². The Hall–Kier alpha value is -1.82. The van der Waals surface area contributed by atoms with Gasteiger partial charge in [-0.15, -0.1) is 12.4 Å². The van der Waals surface area contributed by atoms with Crippen LogP contribution in [0.25, 0.3) is 0 Å². The van der Waals surface area contributed by atoms with E-state index in [2.05, 4.69) is 31.4 Å². The van der Waals surface area contributed by atoms with Gasteiger partial charge in [0, 0.05) is 11.3 Å². The van der Waals surface area contributed by atoms with E-state index in [9.17, 15) is 4.79 Å². The van der Waals surface area contributed by atoms with Crippen molar-refractivity contribution in [1.82, 2.24) is 5.32 Å². The standard InChI is InChI=1S/C18H20ClN3OS.ClH/c1-18(2,3)12-6-4-11(5-7-12)16(23)22-17(24)21-15-9-8-13(20)10-14(15)19;/h4-10H,20H2,1-3H3,(H2,21,22,23,24);1H. The number of nitrogens with two attached hydrogens (primary N) is 1. The molecule has 0 saturated heterocycles. The highest BCUT2D eigenvalue weighted by atomic mass is 35.5. The maximum Gasteiger partial charge on any atom is 0.257 e. The summed E-state index contributed by atoms with van der Waals surface area (Å²) < 4.78 is 0. The Morgan fingerprint density at radius 3 is 2.24 bits per heavy atom. The average molecular weight is 398 g/mol. The van der Waals surface area contributed by atoms with E-state index in [-0.39, 0.29) is 28.8 Å². The summed E-state index contributed by atoms with van der Waals surface area (Å²) in [4.78, 5) is 12.3. The van der Waals surface area contributed by atoms with Crippen molar-refractivity contribution in [3.63, 3.8) is 0 Å². The minimum Gasteiger partial charge on any atom is -0.399 e. The minimum absolute atomic E-state index is 0. The average Bonchev–Trinajstić information content (AvgIpc) is 2.49. The molecule has 0 bridgehead atoms. The van der Waals surface area contributed by atoms with Crippen LogP contribution in [0.2, 0.25) is 5.02 Å². The van der Waals surface area contributed by atoms with Crippen molar-refractivity contribution in [3.8, 4) is 0 Å². The molecule has 0 aromatic heterocycles. The monoisotopic (exact) mass is 397 g/mol. The van der Waals surface area contributed by atoms with E-state index in [1.165, 1.54) is 0 Å². The Balaban J connectivity index is 0.00000312. The summed E-state index contributed by atoms with van der Waals surface area (Å²) in [7, 11) is 0. The normalized spacial score (nSPS) is 10.6. The van der Waals surface area contributed by atoms with E-state index in [1.54, 1.807) is 30.3 Å². The summed E-state index contributed by atoms with van der Waals surface area (Å²) in [5.41, 5.74) is 8.52. The zero-order valence-corrected chi connectivity index (χ0v) is 16.6. The van der Waals surface area contributed by atoms with E-state index in [4.69, 9.17) is 29.6 Å². The van der Waals surface area contributed by atoms with Gasteiger partial charge in [0.25, 0.3) is 5.91 Å². The van der Waals surface area contributed by atoms with Crippen molar-refractivity contribution in [2.75, 3.05) is 11.1 Å². The van der Waals surface area contributed by atoms with E-state index in [1.807, 2.05) is 12.1 Å². The Kier molecular flexibility index (Phi) is 7.23. The first-order valence-corrected chi connectivity index (χ1v) is 8.23. The Bertz CT molecular complexity index is 771.